The van der Waals surface area contributed by atoms with E-state index in [1.807, 2.05) is 20.8 Å². The summed E-state index contributed by atoms with van der Waals surface area (Å²) < 4.78 is 5.58. The average molecular weight is 229 g/mol. The van der Waals surface area contributed by atoms with Gasteiger partial charge >= 0.3 is 0 Å². The smallest absolute Gasteiger partial charge is 0.221 e. The molecule has 0 bridgehead atoms. The van der Waals surface area contributed by atoms with Crippen molar-refractivity contribution in [3.63, 3.8) is 0 Å². The molecule has 0 spiro atoms. The minimum absolute atomic E-state index is 0.101. The molecule has 0 aliphatic rings. The standard InChI is InChI=1S/C11H17ClN2O/c1-5-6-9-13-10(12)8(4)11(14-9)15-7(2)3/h7H,5-6H2,1-4H3. The second-order valence-electron chi connectivity index (χ2n) is 3.78. The van der Waals surface area contributed by atoms with E-state index in [0.29, 0.717) is 11.0 Å². The van der Waals surface area contributed by atoms with Crippen LogP contribution in [0.5, 0.6) is 5.88 Å². The third-order valence-electron chi connectivity index (χ3n) is 1.91. The largest absolute Gasteiger partial charge is 0.475 e. The Morgan fingerprint density at radius 1 is 1.33 bits per heavy atom. The van der Waals surface area contributed by atoms with Crippen molar-refractivity contribution in [3.8, 4) is 5.88 Å². The Morgan fingerprint density at radius 2 is 2.00 bits per heavy atom. The number of aromatic nitrogens is 2. The van der Waals surface area contributed by atoms with Crippen molar-refractivity contribution < 1.29 is 4.74 Å². The van der Waals surface area contributed by atoms with E-state index >= 15 is 0 Å². The summed E-state index contributed by atoms with van der Waals surface area (Å²) in [6, 6.07) is 0. The van der Waals surface area contributed by atoms with Crippen molar-refractivity contribution in [3.05, 3.63) is 16.5 Å². The zero-order valence-corrected chi connectivity index (χ0v) is 10.4. The monoisotopic (exact) mass is 228 g/mol. The molecule has 1 heterocycles. The molecule has 0 radical (unpaired) electrons. The molecule has 0 unspecified atom stereocenters. The molecule has 0 N–H and O–H groups in total. The van der Waals surface area contributed by atoms with Crippen LogP contribution in [0.2, 0.25) is 5.15 Å². The third kappa shape index (κ3) is 3.34. The van der Waals surface area contributed by atoms with E-state index in [9.17, 15) is 0 Å². The lowest BCUT2D eigenvalue weighted by molar-refractivity contribution is 0.229. The van der Waals surface area contributed by atoms with Gasteiger partial charge in [0.05, 0.1) is 6.10 Å². The van der Waals surface area contributed by atoms with Crippen LogP contribution in [-0.4, -0.2) is 16.1 Å². The predicted octanol–water partition coefficient (Wildman–Crippen LogP) is 3.18. The van der Waals surface area contributed by atoms with E-state index in [2.05, 4.69) is 16.9 Å². The molecule has 1 aromatic rings. The van der Waals surface area contributed by atoms with Crippen LogP contribution in [0, 0.1) is 6.92 Å². The molecule has 15 heavy (non-hydrogen) atoms. The average Bonchev–Trinajstić information content (AvgIpc) is 2.13. The summed E-state index contributed by atoms with van der Waals surface area (Å²) >= 11 is 6.01. The van der Waals surface area contributed by atoms with Gasteiger partial charge in [0, 0.05) is 12.0 Å². The molecule has 4 heteroatoms. The first-order chi connectivity index (χ1) is 7.04. The van der Waals surface area contributed by atoms with Gasteiger partial charge in [-0.3, -0.25) is 0 Å². The minimum Gasteiger partial charge on any atom is -0.475 e. The van der Waals surface area contributed by atoms with Crippen LogP contribution in [0.25, 0.3) is 0 Å². The van der Waals surface area contributed by atoms with E-state index in [1.54, 1.807) is 0 Å². The Hall–Kier alpha value is -0.830. The number of aryl methyl sites for hydroxylation is 1. The maximum Gasteiger partial charge on any atom is 0.221 e. The van der Waals surface area contributed by atoms with Crippen LogP contribution in [0.3, 0.4) is 0 Å². The number of rotatable bonds is 4. The van der Waals surface area contributed by atoms with E-state index in [0.717, 1.165) is 24.2 Å². The lowest BCUT2D eigenvalue weighted by Gasteiger charge is -2.12. The molecule has 1 rings (SSSR count). The van der Waals surface area contributed by atoms with Crippen LogP contribution in [0.4, 0.5) is 0 Å². The van der Waals surface area contributed by atoms with E-state index in [4.69, 9.17) is 16.3 Å². The molecule has 1 aromatic heterocycles. The maximum atomic E-state index is 6.01. The highest BCUT2D eigenvalue weighted by Gasteiger charge is 2.11. The van der Waals surface area contributed by atoms with Gasteiger partial charge in [-0.1, -0.05) is 18.5 Å². The second kappa shape index (κ2) is 5.31. The Balaban J connectivity index is 3.01. The van der Waals surface area contributed by atoms with Gasteiger partial charge in [-0.2, -0.15) is 4.98 Å². The highest BCUT2D eigenvalue weighted by Crippen LogP contribution is 2.23. The van der Waals surface area contributed by atoms with Gasteiger partial charge < -0.3 is 4.74 Å². The zero-order chi connectivity index (χ0) is 11.4. The normalized spacial score (nSPS) is 10.8. The van der Waals surface area contributed by atoms with Crippen molar-refractivity contribution in [1.29, 1.82) is 0 Å². The first kappa shape index (κ1) is 12.2. The van der Waals surface area contributed by atoms with Crippen LogP contribution in [0.15, 0.2) is 0 Å². The quantitative estimate of drug-likeness (QED) is 0.743. The van der Waals surface area contributed by atoms with E-state index in [-0.39, 0.29) is 6.10 Å². The van der Waals surface area contributed by atoms with Gasteiger partial charge in [0.25, 0.3) is 0 Å². The predicted molar refractivity (Wildman–Crippen MR) is 61.5 cm³/mol. The molecule has 84 valence electrons. The highest BCUT2D eigenvalue weighted by molar-refractivity contribution is 6.30. The minimum atomic E-state index is 0.101. The maximum absolute atomic E-state index is 6.01. The fraction of sp³-hybridized carbons (Fsp3) is 0.636. The first-order valence-corrected chi connectivity index (χ1v) is 5.62. The van der Waals surface area contributed by atoms with Crippen molar-refractivity contribution in [2.45, 2.75) is 46.6 Å². The summed E-state index contributed by atoms with van der Waals surface area (Å²) in [5.74, 6) is 1.36. The Morgan fingerprint density at radius 3 is 2.53 bits per heavy atom. The molecular formula is C11H17ClN2O. The van der Waals surface area contributed by atoms with Gasteiger partial charge in [-0.15, -0.1) is 0 Å². The lowest BCUT2D eigenvalue weighted by Crippen LogP contribution is -2.10. The molecular weight excluding hydrogens is 212 g/mol. The van der Waals surface area contributed by atoms with Gasteiger partial charge in [0.15, 0.2) is 0 Å². The summed E-state index contributed by atoms with van der Waals surface area (Å²) in [6.07, 6.45) is 1.93. The fourth-order valence-corrected chi connectivity index (χ4v) is 1.36. The topological polar surface area (TPSA) is 35.0 Å². The third-order valence-corrected chi connectivity index (χ3v) is 2.28. The number of hydrogen-bond acceptors (Lipinski definition) is 3. The highest BCUT2D eigenvalue weighted by atomic mass is 35.5. The Kier molecular flexibility index (Phi) is 4.33. The van der Waals surface area contributed by atoms with Crippen molar-refractivity contribution in [2.75, 3.05) is 0 Å². The summed E-state index contributed by atoms with van der Waals surface area (Å²) in [6.45, 7) is 7.89. The Bertz CT molecular complexity index is 340. The molecule has 0 saturated carbocycles. The molecule has 0 fully saturated rings. The van der Waals surface area contributed by atoms with Crippen molar-refractivity contribution in [2.24, 2.45) is 0 Å². The van der Waals surface area contributed by atoms with Crippen LogP contribution >= 0.6 is 11.6 Å². The molecule has 0 saturated heterocycles. The van der Waals surface area contributed by atoms with Crippen LogP contribution < -0.4 is 4.74 Å². The Labute approximate surface area is 95.8 Å². The van der Waals surface area contributed by atoms with E-state index in [1.165, 1.54) is 0 Å². The zero-order valence-electron chi connectivity index (χ0n) is 9.67. The summed E-state index contributed by atoms with van der Waals surface area (Å²) in [5.41, 5.74) is 0.810. The van der Waals surface area contributed by atoms with Gasteiger partial charge in [0.2, 0.25) is 5.88 Å². The van der Waals surface area contributed by atoms with Crippen LogP contribution in [-0.2, 0) is 6.42 Å². The molecule has 0 aliphatic carbocycles. The van der Waals surface area contributed by atoms with Gasteiger partial charge in [-0.05, 0) is 27.2 Å². The molecule has 0 aromatic carbocycles. The number of ether oxygens (including phenoxy) is 1. The lowest BCUT2D eigenvalue weighted by atomic mass is 10.3. The fourth-order valence-electron chi connectivity index (χ4n) is 1.18. The van der Waals surface area contributed by atoms with E-state index < -0.39 is 0 Å². The molecule has 0 aliphatic heterocycles. The SMILES string of the molecule is CCCc1nc(Cl)c(C)c(OC(C)C)n1. The molecule has 0 amide bonds. The van der Waals surface area contributed by atoms with Gasteiger partial charge in [0.1, 0.15) is 11.0 Å². The summed E-state index contributed by atoms with van der Waals surface area (Å²) in [4.78, 5) is 8.55. The summed E-state index contributed by atoms with van der Waals surface area (Å²) in [7, 11) is 0. The second-order valence-corrected chi connectivity index (χ2v) is 4.14. The first-order valence-electron chi connectivity index (χ1n) is 5.24. The van der Waals surface area contributed by atoms with Crippen LogP contribution in [0.1, 0.15) is 38.6 Å². The number of nitrogens with zero attached hydrogens (tertiary/aromatic N) is 2. The summed E-state index contributed by atoms with van der Waals surface area (Å²) in [5, 5.41) is 0.490. The van der Waals surface area contributed by atoms with Crippen molar-refractivity contribution >= 4 is 11.6 Å². The number of hydrogen-bond donors (Lipinski definition) is 0. The van der Waals surface area contributed by atoms with Crippen molar-refractivity contribution in [1.82, 2.24) is 9.97 Å². The van der Waals surface area contributed by atoms with Gasteiger partial charge in [-0.25, -0.2) is 4.98 Å². The molecule has 0 atom stereocenters. The number of halogens is 1. The molecule has 3 nitrogen and oxygen atoms in total.